The standard InChI is InChI=1S/C14H23N3/c1-11(2)17-9-5-6-13(17)12-7-8-14(15-10-12)16(3)4/h7-8,10-11,13H,5-6,9H2,1-4H3. The molecule has 1 aromatic heterocycles. The van der Waals surface area contributed by atoms with Crippen LogP contribution in [0.4, 0.5) is 5.82 Å². The summed E-state index contributed by atoms with van der Waals surface area (Å²) < 4.78 is 0. The lowest BCUT2D eigenvalue weighted by Gasteiger charge is -2.28. The maximum absolute atomic E-state index is 4.52. The predicted octanol–water partition coefficient (Wildman–Crippen LogP) is 2.69. The zero-order chi connectivity index (χ0) is 12.4. The Kier molecular flexibility index (Phi) is 3.67. The van der Waals surface area contributed by atoms with Gasteiger partial charge in [0.15, 0.2) is 0 Å². The quantitative estimate of drug-likeness (QED) is 0.800. The lowest BCUT2D eigenvalue weighted by molar-refractivity contribution is 0.205. The van der Waals surface area contributed by atoms with Crippen molar-refractivity contribution in [2.75, 3.05) is 25.5 Å². The Bertz CT molecular complexity index is 356. The second-order valence-corrected chi connectivity index (χ2v) is 5.33. The van der Waals surface area contributed by atoms with Gasteiger partial charge in [0.05, 0.1) is 0 Å². The summed E-state index contributed by atoms with van der Waals surface area (Å²) in [7, 11) is 4.05. The van der Waals surface area contributed by atoms with Gasteiger partial charge in [0, 0.05) is 32.4 Å². The molecule has 1 saturated heterocycles. The number of hydrogen-bond acceptors (Lipinski definition) is 3. The van der Waals surface area contributed by atoms with E-state index in [0.717, 1.165) is 5.82 Å². The van der Waals surface area contributed by atoms with E-state index in [-0.39, 0.29) is 0 Å². The molecule has 1 atom stereocenters. The Balaban J connectivity index is 2.16. The summed E-state index contributed by atoms with van der Waals surface area (Å²) in [6, 6.07) is 5.54. The molecule has 1 aliphatic heterocycles. The van der Waals surface area contributed by atoms with E-state index in [1.807, 2.05) is 25.2 Å². The van der Waals surface area contributed by atoms with Crippen molar-refractivity contribution in [3.63, 3.8) is 0 Å². The van der Waals surface area contributed by atoms with Crippen LogP contribution >= 0.6 is 0 Å². The first-order chi connectivity index (χ1) is 8.09. The Morgan fingerprint density at radius 2 is 2.12 bits per heavy atom. The molecule has 0 saturated carbocycles. The summed E-state index contributed by atoms with van der Waals surface area (Å²) in [4.78, 5) is 9.13. The van der Waals surface area contributed by atoms with Gasteiger partial charge in [0.2, 0.25) is 0 Å². The Morgan fingerprint density at radius 3 is 2.65 bits per heavy atom. The number of anilines is 1. The topological polar surface area (TPSA) is 19.4 Å². The van der Waals surface area contributed by atoms with Crippen LogP contribution in [0.5, 0.6) is 0 Å². The molecule has 3 nitrogen and oxygen atoms in total. The van der Waals surface area contributed by atoms with Gasteiger partial charge in [-0.1, -0.05) is 6.07 Å². The van der Waals surface area contributed by atoms with E-state index in [2.05, 4.69) is 35.9 Å². The molecule has 0 aliphatic carbocycles. The first-order valence-electron chi connectivity index (χ1n) is 6.48. The van der Waals surface area contributed by atoms with Crippen LogP contribution in [0, 0.1) is 0 Å². The summed E-state index contributed by atoms with van der Waals surface area (Å²) in [6.07, 6.45) is 4.61. The van der Waals surface area contributed by atoms with Crippen molar-refractivity contribution in [1.29, 1.82) is 0 Å². The molecule has 2 rings (SSSR count). The third-order valence-corrected chi connectivity index (χ3v) is 3.57. The summed E-state index contributed by atoms with van der Waals surface area (Å²) in [6.45, 7) is 5.78. The predicted molar refractivity (Wildman–Crippen MR) is 72.4 cm³/mol. The van der Waals surface area contributed by atoms with Crippen LogP contribution in [0.1, 0.15) is 38.3 Å². The molecule has 1 unspecified atom stereocenters. The van der Waals surface area contributed by atoms with Gasteiger partial charge in [-0.05, 0) is 44.9 Å². The van der Waals surface area contributed by atoms with Gasteiger partial charge >= 0.3 is 0 Å². The van der Waals surface area contributed by atoms with Crippen LogP contribution in [0.25, 0.3) is 0 Å². The Morgan fingerprint density at radius 1 is 1.35 bits per heavy atom. The molecule has 94 valence electrons. The molecular formula is C14H23N3. The average molecular weight is 233 g/mol. The van der Waals surface area contributed by atoms with Crippen molar-refractivity contribution in [3.8, 4) is 0 Å². The summed E-state index contributed by atoms with van der Waals surface area (Å²) in [5.41, 5.74) is 1.36. The van der Waals surface area contributed by atoms with Crippen LogP contribution in [-0.2, 0) is 0 Å². The monoisotopic (exact) mass is 233 g/mol. The molecule has 0 bridgehead atoms. The van der Waals surface area contributed by atoms with Gasteiger partial charge in [-0.15, -0.1) is 0 Å². The highest BCUT2D eigenvalue weighted by atomic mass is 15.2. The van der Waals surface area contributed by atoms with Crippen LogP contribution in [0.3, 0.4) is 0 Å². The van der Waals surface area contributed by atoms with Gasteiger partial charge in [-0.2, -0.15) is 0 Å². The van der Waals surface area contributed by atoms with Crippen molar-refractivity contribution >= 4 is 5.82 Å². The number of pyridine rings is 1. The van der Waals surface area contributed by atoms with Crippen LogP contribution < -0.4 is 4.90 Å². The fraction of sp³-hybridized carbons (Fsp3) is 0.643. The van der Waals surface area contributed by atoms with E-state index in [1.54, 1.807) is 0 Å². The summed E-state index contributed by atoms with van der Waals surface area (Å²) in [5, 5.41) is 0. The van der Waals surface area contributed by atoms with Gasteiger partial charge in [0.25, 0.3) is 0 Å². The van der Waals surface area contributed by atoms with Crippen LogP contribution in [0.15, 0.2) is 18.3 Å². The molecule has 0 N–H and O–H groups in total. The smallest absolute Gasteiger partial charge is 0.127 e. The van der Waals surface area contributed by atoms with Gasteiger partial charge < -0.3 is 4.90 Å². The Hall–Kier alpha value is -1.09. The fourth-order valence-electron chi connectivity index (χ4n) is 2.62. The lowest BCUT2D eigenvalue weighted by atomic mass is 10.1. The van der Waals surface area contributed by atoms with Crippen LogP contribution in [0.2, 0.25) is 0 Å². The molecule has 3 heteroatoms. The van der Waals surface area contributed by atoms with Crippen molar-refractivity contribution < 1.29 is 0 Å². The molecule has 0 amide bonds. The number of hydrogen-bond donors (Lipinski definition) is 0. The number of nitrogens with zero attached hydrogens (tertiary/aromatic N) is 3. The fourth-order valence-corrected chi connectivity index (χ4v) is 2.62. The van der Waals surface area contributed by atoms with Crippen molar-refractivity contribution in [2.45, 2.75) is 38.8 Å². The van der Waals surface area contributed by atoms with E-state index in [4.69, 9.17) is 0 Å². The highest BCUT2D eigenvalue weighted by molar-refractivity contribution is 5.37. The minimum Gasteiger partial charge on any atom is -0.363 e. The van der Waals surface area contributed by atoms with E-state index >= 15 is 0 Å². The molecule has 17 heavy (non-hydrogen) atoms. The van der Waals surface area contributed by atoms with Crippen molar-refractivity contribution in [2.24, 2.45) is 0 Å². The molecule has 0 spiro atoms. The number of likely N-dealkylation sites (tertiary alicyclic amines) is 1. The molecule has 1 aromatic rings. The maximum atomic E-state index is 4.52. The van der Waals surface area contributed by atoms with Gasteiger partial charge in [-0.3, -0.25) is 4.90 Å². The van der Waals surface area contributed by atoms with Crippen molar-refractivity contribution in [3.05, 3.63) is 23.9 Å². The second kappa shape index (κ2) is 5.05. The van der Waals surface area contributed by atoms with E-state index < -0.39 is 0 Å². The van der Waals surface area contributed by atoms with E-state index in [0.29, 0.717) is 12.1 Å². The summed E-state index contributed by atoms with van der Waals surface area (Å²) >= 11 is 0. The maximum Gasteiger partial charge on any atom is 0.127 e. The van der Waals surface area contributed by atoms with Gasteiger partial charge in [-0.25, -0.2) is 4.98 Å². The number of aromatic nitrogens is 1. The SMILES string of the molecule is CC(C)N1CCCC1c1ccc(N(C)C)nc1. The van der Waals surface area contributed by atoms with Crippen molar-refractivity contribution in [1.82, 2.24) is 9.88 Å². The third kappa shape index (κ3) is 2.60. The number of rotatable bonds is 3. The molecule has 1 aliphatic rings. The van der Waals surface area contributed by atoms with E-state index in [9.17, 15) is 0 Å². The highest BCUT2D eigenvalue weighted by Gasteiger charge is 2.27. The zero-order valence-corrected chi connectivity index (χ0v) is 11.3. The summed E-state index contributed by atoms with van der Waals surface area (Å²) in [5.74, 6) is 1.03. The highest BCUT2D eigenvalue weighted by Crippen LogP contribution is 2.33. The Labute approximate surface area is 104 Å². The minimum absolute atomic E-state index is 0.568. The largest absolute Gasteiger partial charge is 0.363 e. The molecular weight excluding hydrogens is 210 g/mol. The van der Waals surface area contributed by atoms with Crippen LogP contribution in [-0.4, -0.2) is 36.6 Å². The molecule has 0 aromatic carbocycles. The second-order valence-electron chi connectivity index (χ2n) is 5.33. The minimum atomic E-state index is 0.568. The average Bonchev–Trinajstić information content (AvgIpc) is 2.78. The lowest BCUT2D eigenvalue weighted by Crippen LogP contribution is -2.30. The van der Waals surface area contributed by atoms with Gasteiger partial charge in [0.1, 0.15) is 5.82 Å². The molecule has 2 heterocycles. The molecule has 0 radical (unpaired) electrons. The first-order valence-corrected chi connectivity index (χ1v) is 6.48. The third-order valence-electron chi connectivity index (χ3n) is 3.57. The zero-order valence-electron chi connectivity index (χ0n) is 11.3. The molecule has 1 fully saturated rings. The van der Waals surface area contributed by atoms with E-state index in [1.165, 1.54) is 24.9 Å². The normalized spacial score (nSPS) is 21.1. The first kappa shape index (κ1) is 12.4.